The Balaban J connectivity index is 0.000000572. The molecule has 0 spiro atoms. The minimum atomic E-state index is 0.288. The van der Waals surface area contributed by atoms with E-state index in [1.165, 1.54) is 12.8 Å². The third-order valence-corrected chi connectivity index (χ3v) is 7.26. The van der Waals surface area contributed by atoms with Crippen molar-refractivity contribution in [2.75, 3.05) is 65.3 Å². The molecule has 2 saturated heterocycles. The van der Waals surface area contributed by atoms with Crippen molar-refractivity contribution in [2.24, 2.45) is 0 Å². The number of benzene rings is 1. The Hall–Kier alpha value is -2.59. The Labute approximate surface area is 227 Å². The van der Waals surface area contributed by atoms with E-state index >= 15 is 0 Å². The molecule has 0 unspecified atom stereocenters. The molecule has 11 heteroatoms. The van der Waals surface area contributed by atoms with Crippen LogP contribution in [0.5, 0.6) is 11.5 Å². The molecule has 0 radical (unpaired) electrons. The number of pyridine rings is 1. The molecule has 2 aromatic heterocycles. The lowest BCUT2D eigenvalue weighted by Crippen LogP contribution is -2.37. The predicted octanol–water partition coefficient (Wildman–Crippen LogP) is 5.36. The number of ether oxygens (including phenoxy) is 3. The lowest BCUT2D eigenvalue weighted by Gasteiger charge is -2.30. The van der Waals surface area contributed by atoms with Gasteiger partial charge in [0, 0.05) is 49.5 Å². The molecular weight excluding hydrogens is 515 g/mol. The first-order valence-corrected chi connectivity index (χ1v) is 13.2. The number of likely N-dealkylation sites (tertiary alicyclic amines) is 1. The zero-order chi connectivity index (χ0) is 26.4. The molecule has 0 amide bonds. The highest BCUT2D eigenvalue weighted by molar-refractivity contribution is 6.41. The Kier molecular flexibility index (Phi) is 9.48. The van der Waals surface area contributed by atoms with Crippen molar-refractivity contribution in [2.45, 2.75) is 31.7 Å². The van der Waals surface area contributed by atoms with E-state index in [2.05, 4.69) is 32.5 Å². The summed E-state index contributed by atoms with van der Waals surface area (Å²) in [6.07, 6.45) is 6.35. The van der Waals surface area contributed by atoms with E-state index in [1.54, 1.807) is 33.5 Å². The molecule has 0 saturated carbocycles. The van der Waals surface area contributed by atoms with Gasteiger partial charge in [-0.05, 0) is 51.9 Å². The topological polar surface area (TPSA) is 93.7 Å². The van der Waals surface area contributed by atoms with Crippen LogP contribution in [0.25, 0.3) is 22.2 Å². The van der Waals surface area contributed by atoms with Crippen LogP contribution in [0.2, 0.25) is 10.0 Å². The highest BCUT2D eigenvalue weighted by atomic mass is 35.5. The predicted molar refractivity (Wildman–Crippen MR) is 150 cm³/mol. The SMILES string of the molecule is C1CCOC1.CNc1ncc2cc(-c3c(Cl)c(OC)cc(OC)c3Cl)nc(NC3CCN(C)CC3)c2n1. The van der Waals surface area contributed by atoms with Gasteiger partial charge in [-0.1, -0.05) is 23.2 Å². The third kappa shape index (κ3) is 6.46. The summed E-state index contributed by atoms with van der Waals surface area (Å²) in [7, 11) is 7.02. The van der Waals surface area contributed by atoms with Crippen molar-refractivity contribution in [1.82, 2.24) is 19.9 Å². The third-order valence-electron chi connectivity index (χ3n) is 6.51. The van der Waals surface area contributed by atoms with E-state index in [0.29, 0.717) is 44.6 Å². The summed E-state index contributed by atoms with van der Waals surface area (Å²) >= 11 is 13.3. The van der Waals surface area contributed by atoms with E-state index in [4.69, 9.17) is 42.4 Å². The first-order valence-electron chi connectivity index (χ1n) is 12.4. The van der Waals surface area contributed by atoms with Crippen molar-refractivity contribution < 1.29 is 14.2 Å². The number of hydrogen-bond acceptors (Lipinski definition) is 9. The van der Waals surface area contributed by atoms with Crippen molar-refractivity contribution in [3.8, 4) is 22.8 Å². The maximum atomic E-state index is 6.66. The quantitative estimate of drug-likeness (QED) is 0.422. The zero-order valence-electron chi connectivity index (χ0n) is 21.7. The standard InChI is InChI=1S/C22H26Cl2N6O2.C4H8O/c1-25-22-26-11-12-9-14(17-18(23)15(31-3)10-16(32-4)19(17)24)28-21(20(12)29-22)27-13-5-7-30(2)8-6-13;1-2-4-5-3-1/h9-11,13H,5-8H2,1-4H3,(H,27,28)(H,25,26,29);1-4H2. The normalized spacial score (nSPS) is 16.3. The molecule has 2 aliphatic heterocycles. The number of halogens is 2. The van der Waals surface area contributed by atoms with Gasteiger partial charge in [-0.15, -0.1) is 0 Å². The number of fused-ring (bicyclic) bond motifs is 1. The Bertz CT molecular complexity index is 1180. The molecule has 0 atom stereocenters. The molecule has 200 valence electrons. The molecular formula is C26H34Cl2N6O3. The van der Waals surface area contributed by atoms with Gasteiger partial charge in [0.05, 0.1) is 30.0 Å². The first-order chi connectivity index (χ1) is 17.9. The van der Waals surface area contributed by atoms with Gasteiger partial charge in [-0.25, -0.2) is 15.0 Å². The second-order valence-corrected chi connectivity index (χ2v) is 9.82. The maximum Gasteiger partial charge on any atom is 0.223 e. The van der Waals surface area contributed by atoms with Crippen molar-refractivity contribution in [3.63, 3.8) is 0 Å². The molecule has 5 rings (SSSR count). The monoisotopic (exact) mass is 548 g/mol. The summed E-state index contributed by atoms with van der Waals surface area (Å²) in [5.74, 6) is 2.10. The minimum absolute atomic E-state index is 0.288. The van der Waals surface area contributed by atoms with E-state index in [0.717, 1.165) is 50.0 Å². The smallest absolute Gasteiger partial charge is 0.223 e. The molecule has 9 nitrogen and oxygen atoms in total. The van der Waals surface area contributed by atoms with Crippen LogP contribution in [-0.2, 0) is 4.74 Å². The van der Waals surface area contributed by atoms with Gasteiger partial charge < -0.3 is 29.7 Å². The van der Waals surface area contributed by atoms with E-state index in [9.17, 15) is 0 Å². The molecule has 2 N–H and O–H groups in total. The zero-order valence-corrected chi connectivity index (χ0v) is 23.2. The lowest BCUT2D eigenvalue weighted by atomic mass is 10.0. The van der Waals surface area contributed by atoms with Crippen molar-refractivity contribution >= 4 is 45.9 Å². The summed E-state index contributed by atoms with van der Waals surface area (Å²) in [4.78, 5) is 16.3. The Morgan fingerprint density at radius 2 is 1.65 bits per heavy atom. The Morgan fingerprint density at radius 1 is 1.00 bits per heavy atom. The number of hydrogen-bond donors (Lipinski definition) is 2. The number of piperidine rings is 1. The molecule has 2 aliphatic rings. The molecule has 0 bridgehead atoms. The fourth-order valence-electron chi connectivity index (χ4n) is 4.36. The van der Waals surface area contributed by atoms with Crippen LogP contribution in [0.1, 0.15) is 25.7 Å². The van der Waals surface area contributed by atoms with E-state index in [-0.39, 0.29) is 6.04 Å². The molecule has 3 aromatic rings. The number of nitrogens with one attached hydrogen (secondary N) is 2. The summed E-state index contributed by atoms with van der Waals surface area (Å²) in [6.45, 7) is 4.05. The van der Waals surface area contributed by atoms with Crippen LogP contribution >= 0.6 is 23.2 Å². The second-order valence-electron chi connectivity index (χ2n) is 9.06. The van der Waals surface area contributed by atoms with Crippen molar-refractivity contribution in [1.29, 1.82) is 0 Å². The molecule has 0 aliphatic carbocycles. The number of rotatable bonds is 6. The first kappa shape index (κ1) is 27.4. The fraction of sp³-hybridized carbons (Fsp3) is 0.500. The summed E-state index contributed by atoms with van der Waals surface area (Å²) in [5, 5.41) is 8.13. The van der Waals surface area contributed by atoms with Crippen LogP contribution in [0, 0.1) is 0 Å². The maximum absolute atomic E-state index is 6.66. The molecule has 2 fully saturated rings. The molecule has 1 aromatic carbocycles. The van der Waals surface area contributed by atoms with Gasteiger partial charge in [-0.3, -0.25) is 0 Å². The summed E-state index contributed by atoms with van der Waals surface area (Å²) in [5.41, 5.74) is 1.85. The van der Waals surface area contributed by atoms with Crippen LogP contribution in [0.15, 0.2) is 18.3 Å². The van der Waals surface area contributed by atoms with Gasteiger partial charge in [0.25, 0.3) is 0 Å². The minimum Gasteiger partial charge on any atom is -0.495 e. The molecule has 4 heterocycles. The number of methoxy groups -OCH3 is 2. The second kappa shape index (κ2) is 12.8. The fourth-order valence-corrected chi connectivity index (χ4v) is 5.05. The van der Waals surface area contributed by atoms with Gasteiger partial charge in [0.15, 0.2) is 5.82 Å². The number of anilines is 2. The van der Waals surface area contributed by atoms with Gasteiger partial charge in [0.2, 0.25) is 5.95 Å². The average Bonchev–Trinajstić information content (AvgIpc) is 3.51. The van der Waals surface area contributed by atoms with Gasteiger partial charge >= 0.3 is 0 Å². The average molecular weight is 550 g/mol. The lowest BCUT2D eigenvalue weighted by molar-refractivity contribution is 0.198. The van der Waals surface area contributed by atoms with E-state index < -0.39 is 0 Å². The van der Waals surface area contributed by atoms with Crippen LogP contribution in [-0.4, -0.2) is 80.5 Å². The van der Waals surface area contributed by atoms with Crippen LogP contribution < -0.4 is 20.1 Å². The highest BCUT2D eigenvalue weighted by Crippen LogP contribution is 2.46. The largest absolute Gasteiger partial charge is 0.495 e. The highest BCUT2D eigenvalue weighted by Gasteiger charge is 2.23. The number of nitrogens with zero attached hydrogens (tertiary/aromatic N) is 4. The molecule has 37 heavy (non-hydrogen) atoms. The van der Waals surface area contributed by atoms with Crippen molar-refractivity contribution in [3.05, 3.63) is 28.4 Å². The Morgan fingerprint density at radius 3 is 2.19 bits per heavy atom. The van der Waals surface area contributed by atoms with Gasteiger partial charge in [0.1, 0.15) is 17.0 Å². The van der Waals surface area contributed by atoms with Gasteiger partial charge in [-0.2, -0.15) is 0 Å². The number of aromatic nitrogens is 3. The van der Waals surface area contributed by atoms with Crippen LogP contribution in [0.3, 0.4) is 0 Å². The summed E-state index contributed by atoms with van der Waals surface area (Å²) in [6, 6.07) is 3.83. The summed E-state index contributed by atoms with van der Waals surface area (Å²) < 4.78 is 15.8. The van der Waals surface area contributed by atoms with Crippen LogP contribution in [0.4, 0.5) is 11.8 Å². The van der Waals surface area contributed by atoms with E-state index in [1.807, 2.05) is 6.07 Å².